The molecular formula is C51H33N3O. The smallest absolute Gasteiger partial charge is 0.160 e. The van der Waals surface area contributed by atoms with Gasteiger partial charge >= 0.3 is 0 Å². The number of fused-ring (bicyclic) bond motifs is 3. The van der Waals surface area contributed by atoms with E-state index in [-0.39, 0.29) is 0 Å². The Morgan fingerprint density at radius 1 is 0.345 bits per heavy atom. The minimum absolute atomic E-state index is 0.699. The van der Waals surface area contributed by atoms with Crippen molar-refractivity contribution in [1.29, 1.82) is 0 Å². The van der Waals surface area contributed by atoms with E-state index in [2.05, 4.69) is 140 Å². The Labute approximate surface area is 319 Å². The van der Waals surface area contributed by atoms with Crippen LogP contribution < -0.4 is 0 Å². The third-order valence-electron chi connectivity index (χ3n) is 10.1. The Balaban J connectivity index is 1.09. The second-order valence-corrected chi connectivity index (χ2v) is 13.6. The second kappa shape index (κ2) is 13.8. The number of para-hydroxylation sites is 1. The van der Waals surface area contributed by atoms with E-state index in [9.17, 15) is 0 Å². The molecule has 4 nitrogen and oxygen atoms in total. The molecule has 0 atom stereocenters. The maximum Gasteiger partial charge on any atom is 0.160 e. The van der Waals surface area contributed by atoms with Gasteiger partial charge in [-0.1, -0.05) is 176 Å². The van der Waals surface area contributed by atoms with Crippen LogP contribution in [-0.2, 0) is 0 Å². The highest BCUT2D eigenvalue weighted by molar-refractivity contribution is 6.16. The van der Waals surface area contributed by atoms with Gasteiger partial charge in [-0.05, 0) is 41.0 Å². The van der Waals surface area contributed by atoms with Gasteiger partial charge in [0.05, 0.1) is 28.0 Å². The highest BCUT2D eigenvalue weighted by Crippen LogP contribution is 2.46. The number of pyridine rings is 1. The number of nitrogens with zero attached hydrogens (tertiary/aromatic N) is 3. The zero-order valence-corrected chi connectivity index (χ0v) is 29.8. The molecule has 0 aliphatic rings. The van der Waals surface area contributed by atoms with Gasteiger partial charge in [-0.2, -0.15) is 0 Å². The summed E-state index contributed by atoms with van der Waals surface area (Å²) in [5, 5.41) is 2.00. The fourth-order valence-electron chi connectivity index (χ4n) is 7.42. The van der Waals surface area contributed by atoms with E-state index in [1.807, 2.05) is 60.7 Å². The van der Waals surface area contributed by atoms with Crippen molar-refractivity contribution in [2.24, 2.45) is 0 Å². The van der Waals surface area contributed by atoms with Crippen LogP contribution in [0.4, 0.5) is 0 Å². The van der Waals surface area contributed by atoms with E-state index < -0.39 is 0 Å². The van der Waals surface area contributed by atoms with Crippen LogP contribution in [0.5, 0.6) is 0 Å². The molecule has 7 aromatic carbocycles. The highest BCUT2D eigenvalue weighted by atomic mass is 16.3. The summed E-state index contributed by atoms with van der Waals surface area (Å²) in [6.07, 6.45) is 0. The molecule has 3 heterocycles. The summed E-state index contributed by atoms with van der Waals surface area (Å²) in [7, 11) is 0. The number of furan rings is 1. The van der Waals surface area contributed by atoms with E-state index in [0.717, 1.165) is 94.8 Å². The lowest BCUT2D eigenvalue weighted by molar-refractivity contribution is 0.636. The Kier molecular flexibility index (Phi) is 8.12. The largest absolute Gasteiger partial charge is 0.455 e. The predicted octanol–water partition coefficient (Wildman–Crippen LogP) is 13.4. The molecule has 0 aliphatic heterocycles. The molecule has 0 amide bonds. The first-order valence-electron chi connectivity index (χ1n) is 18.4. The molecule has 4 heteroatoms. The summed E-state index contributed by atoms with van der Waals surface area (Å²) < 4.78 is 6.89. The molecule has 0 saturated carbocycles. The van der Waals surface area contributed by atoms with Crippen LogP contribution in [0.25, 0.3) is 101 Å². The van der Waals surface area contributed by atoms with Crippen molar-refractivity contribution in [3.63, 3.8) is 0 Å². The third kappa shape index (κ3) is 6.06. The van der Waals surface area contributed by atoms with E-state index in [0.29, 0.717) is 5.82 Å². The van der Waals surface area contributed by atoms with Crippen molar-refractivity contribution in [2.45, 2.75) is 0 Å². The maximum atomic E-state index is 6.89. The normalized spacial score (nSPS) is 11.3. The topological polar surface area (TPSA) is 51.8 Å². The molecule has 10 rings (SSSR count). The number of hydrogen-bond donors (Lipinski definition) is 0. The van der Waals surface area contributed by atoms with Crippen molar-refractivity contribution >= 4 is 21.9 Å². The molecule has 0 unspecified atom stereocenters. The predicted molar refractivity (Wildman–Crippen MR) is 225 cm³/mol. The van der Waals surface area contributed by atoms with Crippen LogP contribution in [0, 0.1) is 0 Å². The summed E-state index contributed by atoms with van der Waals surface area (Å²) in [5.41, 5.74) is 13.8. The molecule has 55 heavy (non-hydrogen) atoms. The Bertz CT molecular complexity index is 2880. The van der Waals surface area contributed by atoms with Crippen molar-refractivity contribution < 1.29 is 4.42 Å². The Morgan fingerprint density at radius 3 is 1.56 bits per heavy atom. The molecule has 258 valence electrons. The lowest BCUT2D eigenvalue weighted by Crippen LogP contribution is -1.96. The average Bonchev–Trinajstić information content (AvgIpc) is 3.69. The van der Waals surface area contributed by atoms with Crippen LogP contribution in [0.15, 0.2) is 205 Å². The van der Waals surface area contributed by atoms with Gasteiger partial charge in [0.2, 0.25) is 0 Å². The van der Waals surface area contributed by atoms with Gasteiger partial charge in [0.25, 0.3) is 0 Å². The second-order valence-electron chi connectivity index (χ2n) is 13.6. The van der Waals surface area contributed by atoms with Crippen LogP contribution in [0.2, 0.25) is 0 Å². The molecule has 0 bridgehead atoms. The van der Waals surface area contributed by atoms with Gasteiger partial charge in [0, 0.05) is 38.8 Å². The van der Waals surface area contributed by atoms with Gasteiger partial charge in [0.1, 0.15) is 11.3 Å². The molecule has 0 saturated heterocycles. The van der Waals surface area contributed by atoms with Gasteiger partial charge in [0.15, 0.2) is 5.82 Å². The van der Waals surface area contributed by atoms with Crippen molar-refractivity contribution in [1.82, 2.24) is 15.0 Å². The summed E-state index contributed by atoms with van der Waals surface area (Å²) >= 11 is 0. The van der Waals surface area contributed by atoms with Crippen LogP contribution in [-0.4, -0.2) is 15.0 Å². The van der Waals surface area contributed by atoms with E-state index in [4.69, 9.17) is 19.4 Å². The Hall–Kier alpha value is -7.43. The van der Waals surface area contributed by atoms with E-state index >= 15 is 0 Å². The third-order valence-corrected chi connectivity index (χ3v) is 10.1. The average molecular weight is 704 g/mol. The van der Waals surface area contributed by atoms with E-state index in [1.165, 1.54) is 0 Å². The first-order valence-corrected chi connectivity index (χ1v) is 18.4. The maximum absolute atomic E-state index is 6.89. The van der Waals surface area contributed by atoms with Gasteiger partial charge in [-0.3, -0.25) is 0 Å². The molecule has 0 aliphatic carbocycles. The molecule has 10 aromatic rings. The first-order chi connectivity index (χ1) is 27.3. The van der Waals surface area contributed by atoms with Crippen molar-refractivity contribution in [2.75, 3.05) is 0 Å². The molecule has 3 aromatic heterocycles. The SMILES string of the molecule is c1ccc(-c2cc(-c3cccc(-c4ccc(-c5nc6ccccc6c6oc(-c7ccccc7)c(-c7ccccc7)c56)cc4)c3)nc(-c3ccccc3)n2)cc1. The summed E-state index contributed by atoms with van der Waals surface area (Å²) in [4.78, 5) is 15.4. The minimum atomic E-state index is 0.699. The Morgan fingerprint density at radius 2 is 0.873 bits per heavy atom. The molecular weight excluding hydrogens is 671 g/mol. The molecule has 0 N–H and O–H groups in total. The van der Waals surface area contributed by atoms with Crippen LogP contribution in [0.3, 0.4) is 0 Å². The fraction of sp³-hybridized carbons (Fsp3) is 0. The zero-order valence-electron chi connectivity index (χ0n) is 29.8. The van der Waals surface area contributed by atoms with Gasteiger partial charge < -0.3 is 4.42 Å². The molecule has 0 fully saturated rings. The van der Waals surface area contributed by atoms with Crippen LogP contribution in [0.1, 0.15) is 0 Å². The number of hydrogen-bond acceptors (Lipinski definition) is 4. The standard InChI is InChI=1S/C51H33N3O/c1-5-16-35(17-6-1)44-33-45(54-51(53-44)39-22-11-4-12-23-39)41-25-15-24-40(32-41)34-28-30-37(31-29-34)48-47-46(36-18-7-2-8-19-36)49(38-20-9-3-10-21-38)55-50(47)42-26-13-14-27-43(42)52-48/h1-33H. The monoisotopic (exact) mass is 703 g/mol. The first kappa shape index (κ1) is 32.2. The summed E-state index contributed by atoms with van der Waals surface area (Å²) in [6.45, 7) is 0. The van der Waals surface area contributed by atoms with Gasteiger partial charge in [-0.25, -0.2) is 15.0 Å². The lowest BCUT2D eigenvalue weighted by Gasteiger charge is -2.11. The quantitative estimate of drug-likeness (QED) is 0.166. The summed E-state index contributed by atoms with van der Waals surface area (Å²) in [6, 6.07) is 68.9. The molecule has 0 spiro atoms. The number of aromatic nitrogens is 3. The minimum Gasteiger partial charge on any atom is -0.455 e. The van der Waals surface area contributed by atoms with Crippen LogP contribution >= 0.6 is 0 Å². The number of rotatable bonds is 7. The van der Waals surface area contributed by atoms with Crippen molar-refractivity contribution in [3.05, 3.63) is 200 Å². The van der Waals surface area contributed by atoms with Gasteiger partial charge in [-0.15, -0.1) is 0 Å². The lowest BCUT2D eigenvalue weighted by atomic mass is 9.94. The highest BCUT2D eigenvalue weighted by Gasteiger charge is 2.24. The molecule has 0 radical (unpaired) electrons. The van der Waals surface area contributed by atoms with E-state index in [1.54, 1.807) is 0 Å². The zero-order chi connectivity index (χ0) is 36.6. The van der Waals surface area contributed by atoms with Crippen molar-refractivity contribution in [3.8, 4) is 78.7 Å². The summed E-state index contributed by atoms with van der Waals surface area (Å²) in [5.74, 6) is 1.54. The number of benzene rings is 7. The fourth-order valence-corrected chi connectivity index (χ4v) is 7.42.